The number of ether oxygens (including phenoxy) is 2. The van der Waals surface area contributed by atoms with Gasteiger partial charge in [0.1, 0.15) is 36.8 Å². The molecule has 0 unspecified atom stereocenters. The van der Waals surface area contributed by atoms with E-state index in [0.717, 1.165) is 29.2 Å². The summed E-state index contributed by atoms with van der Waals surface area (Å²) < 4.78 is 11.7. The van der Waals surface area contributed by atoms with E-state index in [9.17, 15) is 0 Å². The number of hydrogen-bond acceptors (Lipinski definition) is 8. The van der Waals surface area contributed by atoms with Crippen LogP contribution in [0.15, 0.2) is 49.1 Å². The molecular formula is C23H27N8O2+. The molecule has 0 spiro atoms. The molecule has 3 N–H and O–H groups in total. The van der Waals surface area contributed by atoms with Gasteiger partial charge in [-0.25, -0.2) is 15.0 Å². The second-order valence-electron chi connectivity index (χ2n) is 8.31. The number of quaternary nitrogens is 1. The molecule has 0 radical (unpaired) electrons. The van der Waals surface area contributed by atoms with Gasteiger partial charge in [-0.2, -0.15) is 9.90 Å². The molecule has 1 aliphatic carbocycles. The quantitative estimate of drug-likeness (QED) is 0.357. The molecule has 1 aromatic carbocycles. The van der Waals surface area contributed by atoms with Crippen molar-refractivity contribution in [3.63, 3.8) is 0 Å². The van der Waals surface area contributed by atoms with Gasteiger partial charge in [-0.05, 0) is 38.1 Å². The maximum atomic E-state index is 5.96. The number of benzene rings is 1. The fraction of sp³-hybridized carbons (Fsp3) is 0.348. The van der Waals surface area contributed by atoms with Crippen LogP contribution in [0.25, 0.3) is 10.9 Å². The van der Waals surface area contributed by atoms with Crippen molar-refractivity contribution in [3.8, 4) is 17.4 Å². The molecule has 0 saturated heterocycles. The third kappa shape index (κ3) is 5.35. The highest BCUT2D eigenvalue weighted by Gasteiger charge is 2.24. The number of nitrogens with zero attached hydrogens (tertiary/aromatic N) is 6. The van der Waals surface area contributed by atoms with Gasteiger partial charge in [0.15, 0.2) is 5.82 Å². The van der Waals surface area contributed by atoms with Crippen molar-refractivity contribution in [3.05, 3.63) is 49.1 Å². The first-order chi connectivity index (χ1) is 16.1. The second-order valence-corrected chi connectivity index (χ2v) is 8.31. The summed E-state index contributed by atoms with van der Waals surface area (Å²) in [6.07, 6.45) is 7.52. The van der Waals surface area contributed by atoms with Crippen molar-refractivity contribution in [1.29, 1.82) is 0 Å². The lowest BCUT2D eigenvalue weighted by Crippen LogP contribution is -2.87. The van der Waals surface area contributed by atoms with Crippen LogP contribution < -0.4 is 20.1 Å². The van der Waals surface area contributed by atoms with Crippen LogP contribution in [-0.4, -0.2) is 49.1 Å². The highest BCUT2D eigenvalue weighted by atomic mass is 16.5. The van der Waals surface area contributed by atoms with Crippen molar-refractivity contribution in [2.45, 2.75) is 38.8 Å². The summed E-state index contributed by atoms with van der Waals surface area (Å²) >= 11 is 0. The number of hydrogen-bond donors (Lipinski definition) is 2. The molecule has 10 heteroatoms. The molecule has 33 heavy (non-hydrogen) atoms. The molecule has 1 fully saturated rings. The number of nitrogens with one attached hydrogen (secondary N) is 1. The molecule has 0 aliphatic heterocycles. The van der Waals surface area contributed by atoms with E-state index in [-0.39, 0.29) is 6.04 Å². The van der Waals surface area contributed by atoms with Crippen LogP contribution >= 0.6 is 0 Å². The first-order valence-electron chi connectivity index (χ1n) is 11.2. The molecular weight excluding hydrogens is 420 g/mol. The summed E-state index contributed by atoms with van der Waals surface area (Å²) in [7, 11) is 0. The van der Waals surface area contributed by atoms with Gasteiger partial charge in [-0.1, -0.05) is 0 Å². The molecule has 1 saturated carbocycles. The maximum absolute atomic E-state index is 5.96. The number of rotatable bonds is 10. The summed E-state index contributed by atoms with van der Waals surface area (Å²) in [5.41, 5.74) is 0.788. The number of nitrogens with two attached hydrogens (primary N) is 1. The summed E-state index contributed by atoms with van der Waals surface area (Å²) in [5, 5.41) is 15.1. The van der Waals surface area contributed by atoms with Crippen LogP contribution in [0.3, 0.4) is 0 Å². The van der Waals surface area contributed by atoms with Crippen molar-refractivity contribution in [1.82, 2.24) is 29.9 Å². The van der Waals surface area contributed by atoms with Crippen molar-refractivity contribution in [2.75, 3.05) is 18.5 Å². The highest BCUT2D eigenvalue weighted by Crippen LogP contribution is 2.29. The highest BCUT2D eigenvalue weighted by molar-refractivity contribution is 5.91. The molecule has 170 valence electrons. The molecule has 3 heterocycles. The van der Waals surface area contributed by atoms with Gasteiger partial charge >= 0.3 is 0 Å². The van der Waals surface area contributed by atoms with E-state index in [2.05, 4.69) is 35.8 Å². The summed E-state index contributed by atoms with van der Waals surface area (Å²) in [4.78, 5) is 14.7. The Morgan fingerprint density at radius 2 is 1.97 bits per heavy atom. The summed E-state index contributed by atoms with van der Waals surface area (Å²) in [5.74, 6) is 3.09. The molecule has 0 amide bonds. The van der Waals surface area contributed by atoms with Gasteiger partial charge in [-0.15, -0.1) is 5.10 Å². The monoisotopic (exact) mass is 447 g/mol. The van der Waals surface area contributed by atoms with E-state index in [1.807, 2.05) is 38.1 Å². The van der Waals surface area contributed by atoms with E-state index in [0.29, 0.717) is 29.9 Å². The third-order valence-electron chi connectivity index (χ3n) is 5.26. The Morgan fingerprint density at radius 3 is 2.73 bits per heavy atom. The second kappa shape index (κ2) is 9.37. The Bertz CT molecular complexity index is 1220. The largest absolute Gasteiger partial charge is 0.486 e. The number of pyridine rings is 1. The first-order valence-corrected chi connectivity index (χ1v) is 11.2. The van der Waals surface area contributed by atoms with Crippen LogP contribution in [0.2, 0.25) is 0 Å². The summed E-state index contributed by atoms with van der Waals surface area (Å²) in [6, 6.07) is 10.3. The average molecular weight is 448 g/mol. The zero-order valence-electron chi connectivity index (χ0n) is 18.7. The van der Waals surface area contributed by atoms with Gasteiger partial charge in [0.2, 0.25) is 5.88 Å². The van der Waals surface area contributed by atoms with E-state index < -0.39 is 0 Å². The predicted molar refractivity (Wildman–Crippen MR) is 123 cm³/mol. The zero-order valence-corrected chi connectivity index (χ0v) is 18.7. The van der Waals surface area contributed by atoms with Crippen molar-refractivity contribution < 1.29 is 14.8 Å². The Morgan fingerprint density at radius 1 is 1.09 bits per heavy atom. The molecule has 10 nitrogen and oxygen atoms in total. The Hall–Kier alpha value is -3.79. The van der Waals surface area contributed by atoms with E-state index in [1.54, 1.807) is 23.3 Å². The fourth-order valence-corrected chi connectivity index (χ4v) is 3.35. The molecule has 1 aliphatic rings. The maximum Gasteiger partial charge on any atom is 0.219 e. The molecule has 3 aromatic heterocycles. The van der Waals surface area contributed by atoms with Crippen LogP contribution in [0.4, 0.5) is 11.6 Å². The van der Waals surface area contributed by atoms with Crippen LogP contribution in [0.5, 0.6) is 17.4 Å². The normalized spacial score (nSPS) is 13.4. The minimum Gasteiger partial charge on any atom is -0.486 e. The summed E-state index contributed by atoms with van der Waals surface area (Å²) in [6.45, 7) is 5.68. The lowest BCUT2D eigenvalue weighted by Gasteiger charge is -2.09. The zero-order chi connectivity index (χ0) is 22.6. The minimum absolute atomic E-state index is 0.174. The van der Waals surface area contributed by atoms with E-state index in [1.165, 1.54) is 19.2 Å². The van der Waals surface area contributed by atoms with E-state index >= 15 is 0 Å². The van der Waals surface area contributed by atoms with Gasteiger partial charge in [0.25, 0.3) is 0 Å². The molecule has 4 aromatic rings. The Kier molecular flexibility index (Phi) is 5.99. The van der Waals surface area contributed by atoms with Gasteiger partial charge in [0.05, 0.1) is 30.0 Å². The lowest BCUT2D eigenvalue weighted by atomic mass is 10.2. The Balaban J connectivity index is 1.26. The minimum atomic E-state index is 0.174. The lowest BCUT2D eigenvalue weighted by molar-refractivity contribution is -0.668. The van der Waals surface area contributed by atoms with Crippen LogP contribution in [0.1, 0.15) is 32.7 Å². The number of fused-ring (bicyclic) bond motifs is 1. The van der Waals surface area contributed by atoms with E-state index in [4.69, 9.17) is 9.47 Å². The predicted octanol–water partition coefficient (Wildman–Crippen LogP) is 2.84. The SMILES string of the molecule is CC(C)n1ncc(Nc2ncnc3ccc(Oc4ccc(OCC[NH2+]C5CC5)cn4)cc23)n1. The molecule has 5 rings (SSSR count). The Labute approximate surface area is 191 Å². The fourth-order valence-electron chi connectivity index (χ4n) is 3.35. The number of anilines is 2. The standard InChI is InChI=1S/C23H26N8O2/c1-15(2)31-28-13-21(30-31)29-23-19-11-17(5-7-20(19)26-14-27-23)33-22-8-6-18(12-25-22)32-10-9-24-16-3-4-16/h5-8,11-16,24H,3-4,9-10H2,1-2H3,(H,26,27,29,30)/p+1. The topological polar surface area (TPSA) is 116 Å². The van der Waals surface area contributed by atoms with Crippen molar-refractivity contribution in [2.24, 2.45) is 0 Å². The number of aromatic nitrogens is 6. The van der Waals surface area contributed by atoms with Gasteiger partial charge < -0.3 is 20.1 Å². The molecule has 0 atom stereocenters. The average Bonchev–Trinajstić information content (AvgIpc) is 3.53. The molecule has 0 bridgehead atoms. The first kappa shape index (κ1) is 21.1. The van der Waals surface area contributed by atoms with Crippen LogP contribution in [0, 0.1) is 0 Å². The van der Waals surface area contributed by atoms with Crippen LogP contribution in [-0.2, 0) is 0 Å². The smallest absolute Gasteiger partial charge is 0.219 e. The van der Waals surface area contributed by atoms with Gasteiger partial charge in [0, 0.05) is 24.3 Å². The third-order valence-corrected chi connectivity index (χ3v) is 5.26. The van der Waals surface area contributed by atoms with Crippen molar-refractivity contribution >= 4 is 22.5 Å². The van der Waals surface area contributed by atoms with Gasteiger partial charge in [-0.3, -0.25) is 0 Å².